The minimum Gasteiger partial charge on any atom is -0.388 e. The van der Waals surface area contributed by atoms with Gasteiger partial charge in [-0.3, -0.25) is 9.09 Å². The van der Waals surface area contributed by atoms with E-state index in [9.17, 15) is 24.1 Å². The molecular weight excluding hydrogens is 458 g/mol. The minimum absolute atomic E-state index is 0.0119. The van der Waals surface area contributed by atoms with Gasteiger partial charge in [-0.25, -0.2) is 9.37 Å². The van der Waals surface area contributed by atoms with Crippen molar-refractivity contribution < 1.29 is 33.3 Å². The standard InChI is InChI=1S/C21H28FN2O6PS/c1-5-21(6-2,30-31(27,28)11(3)4)9-15-16(25)17(26)18(29-15)14-8-12-7-13(22)10-23-19(12)24-20(14)32/h7-8,10,15-18,25-26H,3,5-6,9H2,1-2,4H3,(H,27,28)(H,23,24,32). The Morgan fingerprint density at radius 2 is 2.03 bits per heavy atom. The Kier molecular flexibility index (Phi) is 7.36. The molecule has 1 fully saturated rings. The van der Waals surface area contributed by atoms with Gasteiger partial charge in [0.25, 0.3) is 0 Å². The number of fused-ring (bicyclic) bond motifs is 1. The summed E-state index contributed by atoms with van der Waals surface area (Å²) in [5.41, 5.74) is -0.320. The van der Waals surface area contributed by atoms with Gasteiger partial charge in [-0.15, -0.1) is 0 Å². The number of halogens is 1. The van der Waals surface area contributed by atoms with E-state index in [1.165, 1.54) is 13.0 Å². The minimum atomic E-state index is -4.08. The number of aliphatic hydroxyl groups is 2. The molecule has 0 amide bonds. The summed E-state index contributed by atoms with van der Waals surface area (Å²) in [6.45, 7) is 8.55. The van der Waals surface area contributed by atoms with Crippen LogP contribution in [0.15, 0.2) is 30.2 Å². The maximum Gasteiger partial charge on any atom is 0.354 e. The van der Waals surface area contributed by atoms with E-state index < -0.39 is 43.4 Å². The van der Waals surface area contributed by atoms with Crippen molar-refractivity contribution in [2.24, 2.45) is 0 Å². The molecule has 4 N–H and O–H groups in total. The summed E-state index contributed by atoms with van der Waals surface area (Å²) in [5, 5.41) is 21.9. The van der Waals surface area contributed by atoms with Gasteiger partial charge >= 0.3 is 7.60 Å². The molecule has 5 unspecified atom stereocenters. The van der Waals surface area contributed by atoms with Gasteiger partial charge < -0.3 is 24.8 Å². The van der Waals surface area contributed by atoms with Crippen LogP contribution in [-0.2, 0) is 13.8 Å². The summed E-state index contributed by atoms with van der Waals surface area (Å²) < 4.78 is 38.0. The Bertz CT molecular complexity index is 1120. The predicted octanol–water partition coefficient (Wildman–Crippen LogP) is 4.28. The zero-order chi connectivity index (χ0) is 23.8. The lowest BCUT2D eigenvalue weighted by Crippen LogP contribution is -2.40. The number of aromatic nitrogens is 2. The van der Waals surface area contributed by atoms with Crippen LogP contribution in [0.25, 0.3) is 11.0 Å². The smallest absolute Gasteiger partial charge is 0.354 e. The van der Waals surface area contributed by atoms with Crippen LogP contribution in [0, 0.1) is 10.5 Å². The molecule has 176 valence electrons. The Morgan fingerprint density at radius 1 is 1.38 bits per heavy atom. The fourth-order valence-corrected chi connectivity index (χ4v) is 5.17. The van der Waals surface area contributed by atoms with Crippen molar-refractivity contribution in [1.82, 2.24) is 9.97 Å². The number of nitrogens with zero attached hydrogens (tertiary/aromatic N) is 1. The van der Waals surface area contributed by atoms with E-state index in [1.807, 2.05) is 0 Å². The van der Waals surface area contributed by atoms with Gasteiger partial charge in [-0.1, -0.05) is 32.6 Å². The third-order valence-corrected chi connectivity index (χ3v) is 7.96. The summed E-state index contributed by atoms with van der Waals surface area (Å²) in [7, 11) is -4.08. The number of hydrogen-bond acceptors (Lipinski definition) is 7. The van der Waals surface area contributed by atoms with Crippen LogP contribution < -0.4 is 0 Å². The average molecular weight is 487 g/mol. The number of ether oxygens (including phenoxy) is 1. The van der Waals surface area contributed by atoms with Crippen molar-refractivity contribution in [1.29, 1.82) is 0 Å². The first-order valence-corrected chi connectivity index (χ1v) is 12.3. The highest BCUT2D eigenvalue weighted by molar-refractivity contribution is 7.71. The monoisotopic (exact) mass is 486 g/mol. The van der Waals surface area contributed by atoms with Crippen molar-refractivity contribution in [3.8, 4) is 0 Å². The van der Waals surface area contributed by atoms with Gasteiger partial charge in [0.2, 0.25) is 0 Å². The highest BCUT2D eigenvalue weighted by atomic mass is 32.1. The molecule has 5 atom stereocenters. The number of aliphatic hydroxyl groups excluding tert-OH is 2. The van der Waals surface area contributed by atoms with Crippen LogP contribution in [0.2, 0.25) is 0 Å². The topological polar surface area (TPSA) is 125 Å². The normalized spacial score (nSPS) is 25.7. The van der Waals surface area contributed by atoms with Crippen molar-refractivity contribution in [3.05, 3.63) is 46.2 Å². The van der Waals surface area contributed by atoms with Gasteiger partial charge in [0.1, 0.15) is 34.4 Å². The summed E-state index contributed by atoms with van der Waals surface area (Å²) in [4.78, 5) is 17.0. The first kappa shape index (κ1) is 25.1. The molecular formula is C21H28FN2O6PS. The molecule has 0 radical (unpaired) electrons. The first-order chi connectivity index (χ1) is 14.9. The SMILES string of the molecule is C=C(C)P(=O)(O)OC(CC)(CC)CC1OC(c2cc3cc(F)cnc3[nH]c2=S)C(O)C1O. The lowest BCUT2D eigenvalue weighted by atomic mass is 9.88. The fraction of sp³-hybridized carbons (Fsp3) is 0.524. The Hall–Kier alpha value is -1.52. The second-order valence-electron chi connectivity index (χ2n) is 8.16. The lowest BCUT2D eigenvalue weighted by Gasteiger charge is -2.36. The summed E-state index contributed by atoms with van der Waals surface area (Å²) in [6, 6.07) is 2.84. The second-order valence-corrected chi connectivity index (χ2v) is 10.6. The maximum absolute atomic E-state index is 13.6. The molecule has 0 saturated carbocycles. The molecule has 3 heterocycles. The molecule has 0 spiro atoms. The van der Waals surface area contributed by atoms with E-state index in [4.69, 9.17) is 21.5 Å². The second kappa shape index (κ2) is 9.38. The molecule has 2 aromatic heterocycles. The number of rotatable bonds is 8. The van der Waals surface area contributed by atoms with E-state index in [-0.39, 0.29) is 16.4 Å². The van der Waals surface area contributed by atoms with Crippen LogP contribution in [0.5, 0.6) is 0 Å². The third-order valence-electron chi connectivity index (χ3n) is 6.02. The lowest BCUT2D eigenvalue weighted by molar-refractivity contribution is -0.0544. The van der Waals surface area contributed by atoms with E-state index in [0.717, 1.165) is 6.20 Å². The summed E-state index contributed by atoms with van der Waals surface area (Å²) >= 11 is 5.37. The van der Waals surface area contributed by atoms with Gasteiger partial charge in [0.15, 0.2) is 0 Å². The zero-order valence-corrected chi connectivity index (χ0v) is 19.8. The Labute approximate surface area is 190 Å². The van der Waals surface area contributed by atoms with Crippen LogP contribution in [0.4, 0.5) is 4.39 Å². The molecule has 1 saturated heterocycles. The molecule has 0 aromatic carbocycles. The highest BCUT2D eigenvalue weighted by Gasteiger charge is 2.48. The Balaban J connectivity index is 1.91. The fourth-order valence-electron chi connectivity index (χ4n) is 3.88. The molecule has 11 heteroatoms. The van der Waals surface area contributed by atoms with Crippen molar-refractivity contribution in [3.63, 3.8) is 0 Å². The predicted molar refractivity (Wildman–Crippen MR) is 120 cm³/mol. The first-order valence-electron chi connectivity index (χ1n) is 10.3. The number of allylic oxidation sites excluding steroid dienone is 1. The molecule has 32 heavy (non-hydrogen) atoms. The number of aromatic amines is 1. The third kappa shape index (κ3) is 4.87. The molecule has 2 aromatic rings. The zero-order valence-electron chi connectivity index (χ0n) is 18.1. The van der Waals surface area contributed by atoms with E-state index in [2.05, 4.69) is 16.5 Å². The van der Waals surface area contributed by atoms with Gasteiger partial charge in [0, 0.05) is 22.7 Å². The van der Waals surface area contributed by atoms with Crippen molar-refractivity contribution in [2.45, 2.75) is 70.1 Å². The number of H-pyrrole nitrogens is 1. The van der Waals surface area contributed by atoms with Crippen molar-refractivity contribution >= 4 is 30.8 Å². The maximum atomic E-state index is 13.6. The van der Waals surface area contributed by atoms with Crippen molar-refractivity contribution in [2.75, 3.05) is 0 Å². The molecule has 8 nitrogen and oxygen atoms in total. The van der Waals surface area contributed by atoms with E-state index in [0.29, 0.717) is 29.4 Å². The number of nitrogens with one attached hydrogen (secondary N) is 1. The summed E-state index contributed by atoms with van der Waals surface area (Å²) in [6.07, 6.45) is -2.62. The Morgan fingerprint density at radius 3 is 2.62 bits per heavy atom. The largest absolute Gasteiger partial charge is 0.388 e. The molecule has 3 rings (SSSR count). The van der Waals surface area contributed by atoms with Crippen LogP contribution >= 0.6 is 19.8 Å². The number of pyridine rings is 2. The van der Waals surface area contributed by atoms with Gasteiger partial charge in [0.05, 0.1) is 17.9 Å². The molecule has 1 aliphatic rings. The van der Waals surface area contributed by atoms with Gasteiger partial charge in [-0.05, 0) is 31.9 Å². The molecule has 0 aliphatic carbocycles. The number of hydrogen-bond donors (Lipinski definition) is 4. The molecule has 0 bridgehead atoms. The summed E-state index contributed by atoms with van der Waals surface area (Å²) in [5.74, 6) is -0.529. The van der Waals surface area contributed by atoms with Gasteiger partial charge in [-0.2, -0.15) is 0 Å². The highest BCUT2D eigenvalue weighted by Crippen LogP contribution is 2.55. The van der Waals surface area contributed by atoms with Crippen LogP contribution in [0.3, 0.4) is 0 Å². The average Bonchev–Trinajstić information content (AvgIpc) is 3.00. The van der Waals surface area contributed by atoms with Crippen LogP contribution in [0.1, 0.15) is 51.7 Å². The molecule has 1 aliphatic heterocycles. The van der Waals surface area contributed by atoms with E-state index >= 15 is 0 Å². The quantitative estimate of drug-likeness (QED) is 0.322. The van der Waals surface area contributed by atoms with E-state index in [1.54, 1.807) is 19.9 Å². The van der Waals surface area contributed by atoms with Crippen LogP contribution in [-0.4, -0.2) is 49.0 Å².